The Morgan fingerprint density at radius 3 is 3.05 bits per heavy atom. The molecule has 3 aromatic rings. The first-order valence-electron chi connectivity index (χ1n) is 6.01. The van der Waals surface area contributed by atoms with Gasteiger partial charge >= 0.3 is 0 Å². The highest BCUT2D eigenvalue weighted by atomic mass is 16.5. The Morgan fingerprint density at radius 2 is 2.26 bits per heavy atom. The first kappa shape index (κ1) is 11.5. The smallest absolute Gasteiger partial charge is 0.134 e. The summed E-state index contributed by atoms with van der Waals surface area (Å²) in [4.78, 5) is 11.4. The Morgan fingerprint density at radius 1 is 1.32 bits per heavy atom. The first-order chi connectivity index (χ1) is 9.36. The molecule has 0 aliphatic rings. The van der Waals surface area contributed by atoms with Crippen molar-refractivity contribution < 1.29 is 4.74 Å². The van der Waals surface area contributed by atoms with Crippen molar-refractivity contribution in [2.24, 2.45) is 0 Å². The van der Waals surface area contributed by atoms with Gasteiger partial charge in [-0.25, -0.2) is 9.97 Å². The minimum atomic E-state index is 0.656. The van der Waals surface area contributed by atoms with Crippen LogP contribution in [0.25, 0.3) is 10.8 Å². The van der Waals surface area contributed by atoms with Crippen LogP contribution in [0.15, 0.2) is 43.0 Å². The molecule has 0 fully saturated rings. The molecule has 0 unspecified atom stereocenters. The normalized spacial score (nSPS) is 10.6. The number of benzene rings is 1. The van der Waals surface area contributed by atoms with E-state index in [4.69, 9.17) is 4.74 Å². The Labute approximate surface area is 110 Å². The summed E-state index contributed by atoms with van der Waals surface area (Å²) in [6, 6.07) is 7.94. The van der Waals surface area contributed by atoms with Crippen molar-refractivity contribution in [2.75, 3.05) is 12.4 Å². The standard InChI is InChI=1S/C14H14N4O/c1-19-12-3-2-10-4-5-16-14(13(10)6-12)17-8-11-7-15-9-18-11/h2-7,9H,8H2,1H3,(H,15,18)(H,16,17). The van der Waals surface area contributed by atoms with Crippen molar-refractivity contribution in [3.05, 3.63) is 48.7 Å². The topological polar surface area (TPSA) is 62.8 Å². The Balaban J connectivity index is 1.93. The maximum Gasteiger partial charge on any atom is 0.134 e. The summed E-state index contributed by atoms with van der Waals surface area (Å²) in [5.41, 5.74) is 1.02. The third kappa shape index (κ3) is 2.35. The number of nitrogens with zero attached hydrogens (tertiary/aromatic N) is 2. The fraction of sp³-hybridized carbons (Fsp3) is 0.143. The molecule has 3 rings (SSSR count). The van der Waals surface area contributed by atoms with Gasteiger partial charge in [0.25, 0.3) is 0 Å². The average molecular weight is 254 g/mol. The lowest BCUT2D eigenvalue weighted by Crippen LogP contribution is -2.02. The van der Waals surface area contributed by atoms with E-state index in [-0.39, 0.29) is 0 Å². The zero-order valence-electron chi connectivity index (χ0n) is 10.6. The minimum Gasteiger partial charge on any atom is -0.497 e. The summed E-state index contributed by atoms with van der Waals surface area (Å²) in [6.07, 6.45) is 5.25. The summed E-state index contributed by atoms with van der Waals surface area (Å²) in [5.74, 6) is 1.66. The SMILES string of the molecule is COc1ccc2ccnc(NCc3cnc[nH]3)c2c1. The zero-order valence-corrected chi connectivity index (χ0v) is 10.6. The second kappa shape index (κ2) is 4.97. The molecule has 0 saturated carbocycles. The number of rotatable bonds is 4. The van der Waals surface area contributed by atoms with Gasteiger partial charge in [0.15, 0.2) is 0 Å². The maximum atomic E-state index is 5.26. The third-order valence-corrected chi connectivity index (χ3v) is 2.97. The zero-order chi connectivity index (χ0) is 13.1. The summed E-state index contributed by atoms with van der Waals surface area (Å²) in [5, 5.41) is 5.47. The number of imidazole rings is 1. The van der Waals surface area contributed by atoms with E-state index < -0.39 is 0 Å². The molecule has 19 heavy (non-hydrogen) atoms. The van der Waals surface area contributed by atoms with Crippen molar-refractivity contribution in [3.8, 4) is 5.75 Å². The highest BCUT2D eigenvalue weighted by molar-refractivity contribution is 5.92. The molecule has 0 radical (unpaired) electrons. The fourth-order valence-electron chi connectivity index (χ4n) is 1.98. The summed E-state index contributed by atoms with van der Waals surface area (Å²) in [7, 11) is 1.66. The number of aromatic nitrogens is 3. The van der Waals surface area contributed by atoms with Crippen LogP contribution in [0.4, 0.5) is 5.82 Å². The first-order valence-corrected chi connectivity index (χ1v) is 6.01. The number of hydrogen-bond donors (Lipinski definition) is 2. The molecule has 0 amide bonds. The number of anilines is 1. The van der Waals surface area contributed by atoms with Crippen molar-refractivity contribution in [1.82, 2.24) is 15.0 Å². The molecule has 2 N–H and O–H groups in total. The van der Waals surface area contributed by atoms with E-state index in [9.17, 15) is 0 Å². The van der Waals surface area contributed by atoms with E-state index in [0.717, 1.165) is 28.0 Å². The number of methoxy groups -OCH3 is 1. The molecular formula is C14H14N4O. The van der Waals surface area contributed by atoms with Gasteiger partial charge in [-0.15, -0.1) is 0 Å². The van der Waals surface area contributed by atoms with E-state index in [1.54, 1.807) is 25.8 Å². The average Bonchev–Trinajstić information content (AvgIpc) is 2.97. The molecule has 2 aromatic heterocycles. The van der Waals surface area contributed by atoms with Crippen LogP contribution >= 0.6 is 0 Å². The molecule has 0 aliphatic carbocycles. The molecule has 0 bridgehead atoms. The molecule has 0 saturated heterocycles. The maximum absolute atomic E-state index is 5.26. The number of fused-ring (bicyclic) bond motifs is 1. The Kier molecular flexibility index (Phi) is 3.02. The van der Waals surface area contributed by atoms with Crippen LogP contribution in [-0.4, -0.2) is 22.1 Å². The predicted octanol–water partition coefficient (Wildman–Crippen LogP) is 2.58. The minimum absolute atomic E-state index is 0.656. The predicted molar refractivity (Wildman–Crippen MR) is 74.2 cm³/mol. The van der Waals surface area contributed by atoms with Crippen molar-refractivity contribution in [3.63, 3.8) is 0 Å². The number of pyridine rings is 1. The lowest BCUT2D eigenvalue weighted by atomic mass is 10.1. The van der Waals surface area contributed by atoms with Crippen LogP contribution in [-0.2, 0) is 6.54 Å². The summed E-state index contributed by atoms with van der Waals surface area (Å²) in [6.45, 7) is 0.656. The summed E-state index contributed by atoms with van der Waals surface area (Å²) < 4.78 is 5.26. The van der Waals surface area contributed by atoms with Gasteiger partial charge in [0.1, 0.15) is 11.6 Å². The van der Waals surface area contributed by atoms with Gasteiger partial charge in [-0.05, 0) is 23.6 Å². The molecule has 0 aliphatic heterocycles. The highest BCUT2D eigenvalue weighted by Crippen LogP contribution is 2.25. The number of ether oxygens (including phenoxy) is 1. The third-order valence-electron chi connectivity index (χ3n) is 2.97. The number of nitrogens with one attached hydrogen (secondary N) is 2. The molecule has 5 nitrogen and oxygen atoms in total. The highest BCUT2D eigenvalue weighted by Gasteiger charge is 2.04. The molecular weight excluding hydrogens is 240 g/mol. The van der Waals surface area contributed by atoms with E-state index in [2.05, 4.69) is 20.3 Å². The van der Waals surface area contributed by atoms with Gasteiger partial charge in [-0.3, -0.25) is 0 Å². The molecule has 96 valence electrons. The van der Waals surface area contributed by atoms with Gasteiger partial charge in [-0.1, -0.05) is 6.07 Å². The largest absolute Gasteiger partial charge is 0.497 e. The molecule has 5 heteroatoms. The van der Waals surface area contributed by atoms with Gasteiger partial charge in [0.2, 0.25) is 0 Å². The molecule has 1 aromatic carbocycles. The van der Waals surface area contributed by atoms with Crippen molar-refractivity contribution in [1.29, 1.82) is 0 Å². The van der Waals surface area contributed by atoms with Crippen LogP contribution in [0, 0.1) is 0 Å². The summed E-state index contributed by atoms with van der Waals surface area (Å²) >= 11 is 0. The monoisotopic (exact) mass is 254 g/mol. The van der Waals surface area contributed by atoms with Crippen LogP contribution in [0.1, 0.15) is 5.69 Å². The van der Waals surface area contributed by atoms with E-state index in [1.165, 1.54) is 0 Å². The van der Waals surface area contributed by atoms with Crippen molar-refractivity contribution >= 4 is 16.6 Å². The van der Waals surface area contributed by atoms with Gasteiger partial charge in [-0.2, -0.15) is 0 Å². The Hall–Kier alpha value is -2.56. The van der Waals surface area contributed by atoms with Gasteiger partial charge in [0.05, 0.1) is 25.7 Å². The second-order valence-corrected chi connectivity index (χ2v) is 4.18. The number of hydrogen-bond acceptors (Lipinski definition) is 4. The Bertz CT molecular complexity index is 679. The quantitative estimate of drug-likeness (QED) is 0.751. The van der Waals surface area contributed by atoms with Crippen LogP contribution in [0.3, 0.4) is 0 Å². The van der Waals surface area contributed by atoms with Crippen LogP contribution in [0.2, 0.25) is 0 Å². The second-order valence-electron chi connectivity index (χ2n) is 4.18. The molecule has 0 spiro atoms. The number of H-pyrrole nitrogens is 1. The van der Waals surface area contributed by atoms with E-state index in [1.807, 2.05) is 24.3 Å². The van der Waals surface area contributed by atoms with Crippen LogP contribution < -0.4 is 10.1 Å². The van der Waals surface area contributed by atoms with Crippen LogP contribution in [0.5, 0.6) is 5.75 Å². The molecule has 2 heterocycles. The van der Waals surface area contributed by atoms with Gasteiger partial charge in [0, 0.05) is 17.8 Å². The lowest BCUT2D eigenvalue weighted by Gasteiger charge is -2.09. The lowest BCUT2D eigenvalue weighted by molar-refractivity contribution is 0.415. The van der Waals surface area contributed by atoms with Crippen molar-refractivity contribution in [2.45, 2.75) is 6.54 Å². The number of aromatic amines is 1. The van der Waals surface area contributed by atoms with E-state index in [0.29, 0.717) is 6.54 Å². The molecule has 0 atom stereocenters. The fourth-order valence-corrected chi connectivity index (χ4v) is 1.98. The van der Waals surface area contributed by atoms with E-state index >= 15 is 0 Å². The van der Waals surface area contributed by atoms with Gasteiger partial charge < -0.3 is 15.0 Å².